The van der Waals surface area contributed by atoms with E-state index in [0.717, 1.165) is 61.6 Å². The van der Waals surface area contributed by atoms with Gasteiger partial charge in [0.1, 0.15) is 12.2 Å². The maximum absolute atomic E-state index is 12.2. The number of carbonyl (C=O) groups excluding carboxylic acids is 2. The number of amides is 1. The van der Waals surface area contributed by atoms with Gasteiger partial charge in [-0.25, -0.2) is 0 Å². The summed E-state index contributed by atoms with van der Waals surface area (Å²) in [6, 6.07) is 6.16. The average molecular weight is 324 g/mol. The average Bonchev–Trinajstić information content (AvgIpc) is 2.55. The highest BCUT2D eigenvalue weighted by Crippen LogP contribution is 2.29. The van der Waals surface area contributed by atoms with Crippen molar-refractivity contribution >= 4 is 29.5 Å². The molecule has 3 nitrogen and oxygen atoms in total. The van der Waals surface area contributed by atoms with Crippen molar-refractivity contribution in [3.8, 4) is 0 Å². The van der Waals surface area contributed by atoms with Crippen LogP contribution in [0.5, 0.6) is 0 Å². The predicted molar refractivity (Wildman–Crippen MR) is 92.8 cm³/mol. The molecule has 0 N–H and O–H groups in total. The van der Waals surface area contributed by atoms with Crippen molar-refractivity contribution in [2.75, 3.05) is 17.3 Å². The lowest BCUT2D eigenvalue weighted by atomic mass is 9.97. The van der Waals surface area contributed by atoms with Crippen molar-refractivity contribution in [2.24, 2.45) is 0 Å². The Bertz CT molecular complexity index is 462. The number of nitrogens with zero attached hydrogens (tertiary/aromatic N) is 1. The second-order valence-corrected chi connectivity index (χ2v) is 5.70. The van der Waals surface area contributed by atoms with Gasteiger partial charge in [0.25, 0.3) is 0 Å². The van der Waals surface area contributed by atoms with Gasteiger partial charge in [0.05, 0.1) is 12.2 Å². The van der Waals surface area contributed by atoms with Crippen molar-refractivity contribution in [2.45, 2.75) is 52.4 Å². The molecule has 0 radical (unpaired) electrons. The minimum absolute atomic E-state index is 0.0633. The summed E-state index contributed by atoms with van der Waals surface area (Å²) in [5.74, 6) is -0.321. The summed E-state index contributed by atoms with van der Waals surface area (Å²) in [5.41, 5.74) is 3.17. The Kier molecular flexibility index (Phi) is 8.83. The van der Waals surface area contributed by atoms with E-state index in [2.05, 4.69) is 26.0 Å². The van der Waals surface area contributed by atoms with E-state index in [1.807, 2.05) is 6.07 Å². The second kappa shape index (κ2) is 10.4. The molecule has 22 heavy (non-hydrogen) atoms. The summed E-state index contributed by atoms with van der Waals surface area (Å²) in [7, 11) is 0. The van der Waals surface area contributed by atoms with Crippen LogP contribution >= 0.6 is 11.6 Å². The van der Waals surface area contributed by atoms with Crippen molar-refractivity contribution in [1.82, 2.24) is 0 Å². The standard InChI is InChI=1S/C18H26ClNO2/c1-3-5-8-15-10-7-11-16(9-6-4-2)18(15)20(12-13-21)17(22)14-19/h7,10-11,13H,3-6,8-9,12,14H2,1-2H3. The molecule has 1 amide bonds. The van der Waals surface area contributed by atoms with Crippen molar-refractivity contribution < 1.29 is 9.59 Å². The van der Waals surface area contributed by atoms with Gasteiger partial charge in [-0.2, -0.15) is 0 Å². The van der Waals surface area contributed by atoms with Crippen LogP contribution in [0.3, 0.4) is 0 Å². The number of anilines is 1. The van der Waals surface area contributed by atoms with Crippen LogP contribution in [0.4, 0.5) is 5.69 Å². The van der Waals surface area contributed by atoms with Crippen molar-refractivity contribution in [1.29, 1.82) is 0 Å². The molecule has 0 unspecified atom stereocenters. The van der Waals surface area contributed by atoms with E-state index in [9.17, 15) is 9.59 Å². The number of halogens is 1. The van der Waals surface area contributed by atoms with Gasteiger partial charge in [0, 0.05) is 0 Å². The van der Waals surface area contributed by atoms with Crippen LogP contribution in [-0.2, 0) is 22.4 Å². The third kappa shape index (κ3) is 5.13. The smallest absolute Gasteiger partial charge is 0.242 e. The Hall–Kier alpha value is -1.35. The van der Waals surface area contributed by atoms with Crippen LogP contribution in [0.15, 0.2) is 18.2 Å². The first-order valence-electron chi connectivity index (χ1n) is 8.10. The fourth-order valence-electron chi connectivity index (χ4n) is 2.59. The molecule has 0 saturated carbocycles. The van der Waals surface area contributed by atoms with E-state index >= 15 is 0 Å². The van der Waals surface area contributed by atoms with Crippen LogP contribution in [0, 0.1) is 0 Å². The molecule has 0 spiro atoms. The van der Waals surface area contributed by atoms with Gasteiger partial charge in [-0.1, -0.05) is 44.9 Å². The highest BCUT2D eigenvalue weighted by atomic mass is 35.5. The molecule has 0 aromatic heterocycles. The number of carbonyl (C=O) groups is 2. The molecule has 0 saturated heterocycles. The van der Waals surface area contributed by atoms with E-state index in [0.29, 0.717) is 0 Å². The number of para-hydroxylation sites is 1. The molecule has 1 aromatic rings. The molecule has 1 rings (SSSR count). The van der Waals surface area contributed by atoms with Gasteiger partial charge in [-0.15, -0.1) is 11.6 Å². The molecule has 1 aromatic carbocycles. The van der Waals surface area contributed by atoms with E-state index in [1.54, 1.807) is 4.90 Å². The van der Waals surface area contributed by atoms with Crippen LogP contribution in [0.2, 0.25) is 0 Å². The van der Waals surface area contributed by atoms with Gasteiger partial charge in [-0.05, 0) is 36.8 Å². The van der Waals surface area contributed by atoms with E-state index in [1.165, 1.54) is 0 Å². The Morgan fingerprint density at radius 3 is 2.09 bits per heavy atom. The number of hydrogen-bond donors (Lipinski definition) is 0. The first kappa shape index (κ1) is 18.7. The summed E-state index contributed by atoms with van der Waals surface area (Å²) in [6.45, 7) is 4.36. The highest BCUT2D eigenvalue weighted by Gasteiger charge is 2.20. The Labute approximate surface area is 138 Å². The zero-order chi connectivity index (χ0) is 16.4. The SMILES string of the molecule is CCCCc1cccc(CCCC)c1N(CC=O)C(=O)CCl. The largest absolute Gasteiger partial charge is 0.304 e. The summed E-state index contributed by atoms with van der Waals surface area (Å²) < 4.78 is 0. The number of aryl methyl sites for hydroxylation is 2. The predicted octanol–water partition coefficient (Wildman–Crippen LogP) is 4.14. The third-order valence-corrected chi connectivity index (χ3v) is 3.97. The van der Waals surface area contributed by atoms with Crippen LogP contribution in [-0.4, -0.2) is 24.6 Å². The number of unbranched alkanes of at least 4 members (excludes halogenated alkanes) is 2. The van der Waals surface area contributed by atoms with E-state index < -0.39 is 0 Å². The molecular weight excluding hydrogens is 298 g/mol. The topological polar surface area (TPSA) is 37.4 Å². The summed E-state index contributed by atoms with van der Waals surface area (Å²) >= 11 is 5.74. The first-order chi connectivity index (χ1) is 10.7. The molecule has 0 heterocycles. The maximum atomic E-state index is 12.2. The van der Waals surface area contributed by atoms with Gasteiger partial charge < -0.3 is 9.69 Å². The maximum Gasteiger partial charge on any atom is 0.242 e. The Balaban J connectivity index is 3.27. The lowest BCUT2D eigenvalue weighted by Gasteiger charge is -2.26. The summed E-state index contributed by atoms with van der Waals surface area (Å²) in [4.78, 5) is 24.8. The van der Waals surface area contributed by atoms with Crippen LogP contribution in [0.25, 0.3) is 0 Å². The van der Waals surface area contributed by atoms with E-state index in [-0.39, 0.29) is 18.3 Å². The lowest BCUT2D eigenvalue weighted by molar-refractivity contribution is -0.117. The molecule has 0 fully saturated rings. The molecule has 0 aliphatic rings. The van der Waals surface area contributed by atoms with Gasteiger partial charge in [0.2, 0.25) is 5.91 Å². The molecule has 0 aliphatic carbocycles. The van der Waals surface area contributed by atoms with Crippen LogP contribution < -0.4 is 4.90 Å². The van der Waals surface area contributed by atoms with Gasteiger partial charge in [-0.3, -0.25) is 4.79 Å². The number of rotatable bonds is 10. The monoisotopic (exact) mass is 323 g/mol. The molecule has 0 bridgehead atoms. The second-order valence-electron chi connectivity index (χ2n) is 5.44. The number of hydrogen-bond acceptors (Lipinski definition) is 2. The number of aldehydes is 1. The van der Waals surface area contributed by atoms with E-state index in [4.69, 9.17) is 11.6 Å². The molecular formula is C18H26ClNO2. The third-order valence-electron chi connectivity index (χ3n) is 3.74. The zero-order valence-electron chi connectivity index (χ0n) is 13.6. The summed E-state index contributed by atoms with van der Waals surface area (Å²) in [5, 5.41) is 0. The molecule has 122 valence electrons. The highest BCUT2D eigenvalue weighted by molar-refractivity contribution is 6.29. The van der Waals surface area contributed by atoms with Crippen LogP contribution in [0.1, 0.15) is 50.7 Å². The fraction of sp³-hybridized carbons (Fsp3) is 0.556. The van der Waals surface area contributed by atoms with Crippen molar-refractivity contribution in [3.63, 3.8) is 0 Å². The molecule has 4 heteroatoms. The fourth-order valence-corrected chi connectivity index (χ4v) is 2.74. The normalized spacial score (nSPS) is 10.5. The Morgan fingerprint density at radius 2 is 1.68 bits per heavy atom. The number of benzene rings is 1. The quantitative estimate of drug-likeness (QED) is 0.479. The minimum Gasteiger partial charge on any atom is -0.304 e. The van der Waals surface area contributed by atoms with Gasteiger partial charge in [0.15, 0.2) is 0 Å². The molecule has 0 atom stereocenters. The van der Waals surface area contributed by atoms with Crippen molar-refractivity contribution in [3.05, 3.63) is 29.3 Å². The lowest BCUT2D eigenvalue weighted by Crippen LogP contribution is -2.35. The molecule has 0 aliphatic heterocycles. The van der Waals surface area contributed by atoms with Gasteiger partial charge >= 0.3 is 0 Å². The first-order valence-corrected chi connectivity index (χ1v) is 8.63. The summed E-state index contributed by atoms with van der Waals surface area (Å²) in [6.07, 6.45) is 6.91. The number of alkyl halides is 1. The minimum atomic E-state index is -0.213. The Morgan fingerprint density at radius 1 is 1.14 bits per heavy atom. The zero-order valence-corrected chi connectivity index (χ0v) is 14.4.